The highest BCUT2D eigenvalue weighted by atomic mass is 16.4. The molecule has 0 saturated carbocycles. The normalized spacial score (nSPS) is 9.95. The van der Waals surface area contributed by atoms with E-state index in [0.29, 0.717) is 17.6 Å². The average molecular weight is 262 g/mol. The third-order valence-electron chi connectivity index (χ3n) is 2.88. The fourth-order valence-corrected chi connectivity index (χ4v) is 1.95. The quantitative estimate of drug-likeness (QED) is 0.342. The summed E-state index contributed by atoms with van der Waals surface area (Å²) in [5, 5.41) is 18.2. The molecular formula is C15H18O4. The molecule has 0 bridgehead atoms. The van der Waals surface area contributed by atoms with Gasteiger partial charge in [0.05, 0.1) is 0 Å². The topological polar surface area (TPSA) is 74.6 Å². The van der Waals surface area contributed by atoms with Crippen LogP contribution >= 0.6 is 0 Å². The van der Waals surface area contributed by atoms with Crippen LogP contribution in [-0.4, -0.2) is 22.2 Å². The maximum atomic E-state index is 11.1. The molecule has 0 amide bonds. The SMILES string of the molecule is CCCCCC(=C(C(=O)O)C(=O)O)c1ccccc1. The van der Waals surface area contributed by atoms with E-state index in [1.165, 1.54) is 0 Å². The Bertz CT molecular complexity index is 458. The molecule has 2 N–H and O–H groups in total. The van der Waals surface area contributed by atoms with Gasteiger partial charge in [0, 0.05) is 0 Å². The molecule has 0 heterocycles. The van der Waals surface area contributed by atoms with Gasteiger partial charge in [0.15, 0.2) is 0 Å². The summed E-state index contributed by atoms with van der Waals surface area (Å²) in [7, 11) is 0. The first-order valence-electron chi connectivity index (χ1n) is 6.33. The molecule has 0 aliphatic carbocycles. The standard InChI is InChI=1S/C15H18O4/c1-2-3-5-10-12(11-8-6-4-7-9-11)13(14(16)17)15(18)19/h4,6-9H,2-3,5,10H2,1H3,(H,16,17)(H,18,19). The van der Waals surface area contributed by atoms with Crippen LogP contribution in [0.2, 0.25) is 0 Å². The van der Waals surface area contributed by atoms with Crippen LogP contribution in [0.3, 0.4) is 0 Å². The number of aliphatic carboxylic acids is 2. The monoisotopic (exact) mass is 262 g/mol. The van der Waals surface area contributed by atoms with Gasteiger partial charge >= 0.3 is 11.9 Å². The average Bonchev–Trinajstić information content (AvgIpc) is 2.38. The molecule has 0 saturated heterocycles. The minimum absolute atomic E-state index is 0.397. The van der Waals surface area contributed by atoms with Crippen molar-refractivity contribution in [1.82, 2.24) is 0 Å². The Labute approximate surface area is 112 Å². The van der Waals surface area contributed by atoms with Gasteiger partial charge in [-0.3, -0.25) is 0 Å². The number of allylic oxidation sites excluding steroid dienone is 1. The molecule has 0 aliphatic rings. The number of hydrogen-bond acceptors (Lipinski definition) is 2. The third kappa shape index (κ3) is 4.25. The molecule has 19 heavy (non-hydrogen) atoms. The van der Waals surface area contributed by atoms with E-state index >= 15 is 0 Å². The lowest BCUT2D eigenvalue weighted by atomic mass is 9.94. The molecule has 0 aliphatic heterocycles. The van der Waals surface area contributed by atoms with Crippen molar-refractivity contribution in [2.24, 2.45) is 0 Å². The summed E-state index contributed by atoms with van der Waals surface area (Å²) in [6, 6.07) is 8.85. The fraction of sp³-hybridized carbons (Fsp3) is 0.333. The van der Waals surface area contributed by atoms with Crippen LogP contribution in [0.1, 0.15) is 38.2 Å². The van der Waals surface area contributed by atoms with Crippen LogP contribution in [0, 0.1) is 0 Å². The number of unbranched alkanes of at least 4 members (excludes halogenated alkanes) is 2. The zero-order chi connectivity index (χ0) is 14.3. The summed E-state index contributed by atoms with van der Waals surface area (Å²) in [6.07, 6.45) is 3.19. The van der Waals surface area contributed by atoms with Crippen LogP contribution < -0.4 is 0 Å². The van der Waals surface area contributed by atoms with E-state index in [4.69, 9.17) is 10.2 Å². The van der Waals surface area contributed by atoms with E-state index < -0.39 is 17.5 Å². The predicted molar refractivity (Wildman–Crippen MR) is 72.8 cm³/mol. The van der Waals surface area contributed by atoms with Gasteiger partial charge in [0.2, 0.25) is 0 Å². The molecular weight excluding hydrogens is 244 g/mol. The predicted octanol–water partition coefficient (Wildman–Crippen LogP) is 3.19. The smallest absolute Gasteiger partial charge is 0.343 e. The molecule has 0 radical (unpaired) electrons. The van der Waals surface area contributed by atoms with Gasteiger partial charge in [-0.1, -0.05) is 50.1 Å². The van der Waals surface area contributed by atoms with Gasteiger partial charge in [0.1, 0.15) is 5.57 Å². The van der Waals surface area contributed by atoms with Gasteiger partial charge < -0.3 is 10.2 Å². The zero-order valence-electron chi connectivity index (χ0n) is 10.9. The first-order valence-corrected chi connectivity index (χ1v) is 6.33. The number of carboxylic acid groups (broad SMARTS) is 2. The molecule has 1 rings (SSSR count). The van der Waals surface area contributed by atoms with E-state index in [-0.39, 0.29) is 0 Å². The second-order valence-corrected chi connectivity index (χ2v) is 4.29. The Hall–Kier alpha value is -2.10. The lowest BCUT2D eigenvalue weighted by Crippen LogP contribution is -2.14. The van der Waals surface area contributed by atoms with E-state index in [2.05, 4.69) is 0 Å². The fourth-order valence-electron chi connectivity index (χ4n) is 1.95. The number of carbonyl (C=O) groups is 2. The summed E-state index contributed by atoms with van der Waals surface area (Å²) in [4.78, 5) is 22.3. The Morgan fingerprint density at radius 3 is 2.05 bits per heavy atom. The Morgan fingerprint density at radius 1 is 1.00 bits per heavy atom. The van der Waals surface area contributed by atoms with Crippen LogP contribution in [0.4, 0.5) is 0 Å². The van der Waals surface area contributed by atoms with Crippen molar-refractivity contribution in [3.63, 3.8) is 0 Å². The molecule has 1 aromatic rings. The molecule has 0 spiro atoms. The summed E-state index contributed by atoms with van der Waals surface area (Å²) < 4.78 is 0. The van der Waals surface area contributed by atoms with Crippen LogP contribution in [0.5, 0.6) is 0 Å². The number of rotatable bonds is 7. The van der Waals surface area contributed by atoms with Crippen molar-refractivity contribution >= 4 is 17.5 Å². The van der Waals surface area contributed by atoms with Gasteiger partial charge in [-0.2, -0.15) is 0 Å². The van der Waals surface area contributed by atoms with E-state index in [1.54, 1.807) is 24.3 Å². The van der Waals surface area contributed by atoms with Crippen LogP contribution in [0.15, 0.2) is 35.9 Å². The largest absolute Gasteiger partial charge is 0.477 e. The highest BCUT2D eigenvalue weighted by Crippen LogP contribution is 2.25. The molecule has 0 aromatic heterocycles. The zero-order valence-corrected chi connectivity index (χ0v) is 10.9. The molecule has 1 aromatic carbocycles. The van der Waals surface area contributed by atoms with Crippen molar-refractivity contribution in [1.29, 1.82) is 0 Å². The minimum atomic E-state index is -1.39. The minimum Gasteiger partial charge on any atom is -0.477 e. The lowest BCUT2D eigenvalue weighted by Gasteiger charge is -2.10. The van der Waals surface area contributed by atoms with Crippen molar-refractivity contribution in [3.8, 4) is 0 Å². The molecule has 4 nitrogen and oxygen atoms in total. The van der Waals surface area contributed by atoms with Gasteiger partial charge in [-0.15, -0.1) is 0 Å². The number of hydrogen-bond donors (Lipinski definition) is 2. The third-order valence-corrected chi connectivity index (χ3v) is 2.88. The van der Waals surface area contributed by atoms with Gasteiger partial charge in [-0.25, -0.2) is 9.59 Å². The first-order chi connectivity index (χ1) is 9.07. The van der Waals surface area contributed by atoms with E-state index in [9.17, 15) is 9.59 Å². The van der Waals surface area contributed by atoms with E-state index in [1.807, 2.05) is 13.0 Å². The van der Waals surface area contributed by atoms with Crippen molar-refractivity contribution in [3.05, 3.63) is 41.5 Å². The van der Waals surface area contributed by atoms with E-state index in [0.717, 1.165) is 19.3 Å². The number of carboxylic acids is 2. The molecule has 0 atom stereocenters. The van der Waals surface area contributed by atoms with Gasteiger partial charge in [0.25, 0.3) is 0 Å². The maximum absolute atomic E-state index is 11.1. The van der Waals surface area contributed by atoms with Crippen molar-refractivity contribution in [2.45, 2.75) is 32.6 Å². The summed E-state index contributed by atoms with van der Waals surface area (Å²) >= 11 is 0. The molecule has 0 unspecified atom stereocenters. The Kier molecular flexibility index (Phi) is 5.79. The van der Waals surface area contributed by atoms with Crippen LogP contribution in [0.25, 0.3) is 5.57 Å². The van der Waals surface area contributed by atoms with Crippen LogP contribution in [-0.2, 0) is 9.59 Å². The highest BCUT2D eigenvalue weighted by Gasteiger charge is 2.22. The molecule has 102 valence electrons. The molecule has 4 heteroatoms. The van der Waals surface area contributed by atoms with Crippen molar-refractivity contribution < 1.29 is 19.8 Å². The second-order valence-electron chi connectivity index (χ2n) is 4.29. The lowest BCUT2D eigenvalue weighted by molar-refractivity contribution is -0.140. The number of benzene rings is 1. The van der Waals surface area contributed by atoms with Gasteiger partial charge in [-0.05, 0) is 24.0 Å². The first kappa shape index (κ1) is 15.0. The highest BCUT2D eigenvalue weighted by molar-refractivity contribution is 6.18. The molecule has 0 fully saturated rings. The van der Waals surface area contributed by atoms with Crippen molar-refractivity contribution in [2.75, 3.05) is 0 Å². The summed E-state index contributed by atoms with van der Waals surface area (Å²) in [6.45, 7) is 2.04. The summed E-state index contributed by atoms with van der Waals surface area (Å²) in [5.41, 5.74) is 0.537. The maximum Gasteiger partial charge on any atom is 0.343 e. The second kappa shape index (κ2) is 7.36. The summed E-state index contributed by atoms with van der Waals surface area (Å²) in [5.74, 6) is -2.77. The Balaban J connectivity index is 3.21. The Morgan fingerprint density at radius 2 is 1.58 bits per heavy atom.